The van der Waals surface area contributed by atoms with Crippen molar-refractivity contribution in [1.82, 2.24) is 14.5 Å². The van der Waals surface area contributed by atoms with Crippen molar-refractivity contribution in [2.75, 3.05) is 13.1 Å². The Morgan fingerprint density at radius 2 is 1.74 bits per heavy atom. The number of benzene rings is 1. The Hall–Kier alpha value is -1.93. The Balaban J connectivity index is 1.55. The summed E-state index contributed by atoms with van der Waals surface area (Å²) in [5.41, 5.74) is 0.516. The van der Waals surface area contributed by atoms with E-state index in [0.717, 1.165) is 25.7 Å². The van der Waals surface area contributed by atoms with Crippen LogP contribution in [0.2, 0.25) is 0 Å². The predicted molar refractivity (Wildman–Crippen MR) is 100 cm³/mol. The molecule has 1 atom stereocenters. The number of imide groups is 1. The number of nitrogens with one attached hydrogen (secondary N) is 1. The zero-order valence-corrected chi connectivity index (χ0v) is 16.3. The first-order chi connectivity index (χ1) is 12.8. The van der Waals surface area contributed by atoms with Gasteiger partial charge in [0.25, 0.3) is 5.91 Å². The summed E-state index contributed by atoms with van der Waals surface area (Å²) in [5.74, 6) is -0.121. The maximum Gasteiger partial charge on any atom is 0.325 e. The second-order valence-electron chi connectivity index (χ2n) is 7.93. The SMILES string of the molecule is CC1(C2CC2)NC(=O)N(Cc2ccccc2CS(=O)(=O)N2CCCC2)C1=O. The van der Waals surface area contributed by atoms with E-state index >= 15 is 0 Å². The smallest absolute Gasteiger partial charge is 0.323 e. The van der Waals surface area contributed by atoms with Crippen molar-refractivity contribution in [2.45, 2.75) is 50.4 Å². The van der Waals surface area contributed by atoms with E-state index in [4.69, 9.17) is 0 Å². The number of carbonyl (C=O) groups is 2. The third-order valence-electron chi connectivity index (χ3n) is 5.94. The van der Waals surface area contributed by atoms with Crippen LogP contribution in [0.25, 0.3) is 0 Å². The van der Waals surface area contributed by atoms with Gasteiger partial charge in [-0.3, -0.25) is 9.69 Å². The highest BCUT2D eigenvalue weighted by Crippen LogP contribution is 2.43. The average Bonchev–Trinajstić information content (AvgIpc) is 3.28. The molecule has 1 saturated carbocycles. The van der Waals surface area contributed by atoms with Crippen LogP contribution in [0, 0.1) is 5.92 Å². The minimum atomic E-state index is -3.39. The minimum absolute atomic E-state index is 0.0959. The lowest BCUT2D eigenvalue weighted by molar-refractivity contribution is -0.131. The number of urea groups is 1. The normalized spacial score (nSPS) is 26.6. The number of carbonyl (C=O) groups excluding carboxylic acids is 2. The average molecular weight is 391 g/mol. The van der Waals surface area contributed by atoms with Crippen molar-refractivity contribution in [3.05, 3.63) is 35.4 Å². The molecule has 0 spiro atoms. The predicted octanol–water partition coefficient (Wildman–Crippen LogP) is 1.83. The standard InChI is InChI=1S/C19H25N3O4S/c1-19(16-8-9-16)17(23)22(18(24)20-19)12-14-6-2-3-7-15(14)13-27(25,26)21-10-4-5-11-21/h2-3,6-7,16H,4-5,8-13H2,1H3,(H,20,24). The van der Waals surface area contributed by atoms with Crippen molar-refractivity contribution in [3.8, 4) is 0 Å². The van der Waals surface area contributed by atoms with Gasteiger partial charge in [-0.05, 0) is 49.7 Å². The lowest BCUT2D eigenvalue weighted by Crippen LogP contribution is -2.46. The molecule has 1 unspecified atom stereocenters. The molecule has 146 valence electrons. The fourth-order valence-corrected chi connectivity index (χ4v) is 5.75. The molecule has 1 aromatic rings. The van der Waals surface area contributed by atoms with Gasteiger partial charge < -0.3 is 5.32 Å². The zero-order chi connectivity index (χ0) is 19.2. The number of sulfonamides is 1. The lowest BCUT2D eigenvalue weighted by Gasteiger charge is -2.22. The fraction of sp³-hybridized carbons (Fsp3) is 0.579. The molecule has 4 rings (SSSR count). The first kappa shape index (κ1) is 18.4. The molecular formula is C19H25N3O4S. The summed E-state index contributed by atoms with van der Waals surface area (Å²) < 4.78 is 26.9. The summed E-state index contributed by atoms with van der Waals surface area (Å²) in [6, 6.07) is 6.76. The van der Waals surface area contributed by atoms with Crippen molar-refractivity contribution in [2.24, 2.45) is 5.92 Å². The van der Waals surface area contributed by atoms with E-state index in [1.165, 1.54) is 9.21 Å². The first-order valence-electron chi connectivity index (χ1n) is 9.50. The second kappa shape index (κ2) is 6.60. The molecule has 1 aliphatic carbocycles. The van der Waals surface area contributed by atoms with Gasteiger partial charge in [-0.1, -0.05) is 24.3 Å². The van der Waals surface area contributed by atoms with Crippen LogP contribution in [0.5, 0.6) is 0 Å². The van der Waals surface area contributed by atoms with Crippen LogP contribution in [-0.2, 0) is 27.1 Å². The Morgan fingerprint density at radius 3 is 2.37 bits per heavy atom. The summed E-state index contributed by atoms with van der Waals surface area (Å²) in [6.07, 6.45) is 3.67. The monoisotopic (exact) mass is 391 g/mol. The molecule has 3 amide bonds. The van der Waals surface area contributed by atoms with Crippen LogP contribution in [0.3, 0.4) is 0 Å². The van der Waals surface area contributed by atoms with E-state index in [1.807, 2.05) is 0 Å². The number of rotatable bonds is 6. The number of nitrogens with zero attached hydrogens (tertiary/aromatic N) is 2. The zero-order valence-electron chi connectivity index (χ0n) is 15.5. The highest BCUT2D eigenvalue weighted by molar-refractivity contribution is 7.88. The van der Waals surface area contributed by atoms with Crippen molar-refractivity contribution >= 4 is 22.0 Å². The highest BCUT2D eigenvalue weighted by atomic mass is 32.2. The molecule has 8 heteroatoms. The number of hydrogen-bond acceptors (Lipinski definition) is 4. The van der Waals surface area contributed by atoms with E-state index < -0.39 is 21.6 Å². The summed E-state index contributed by atoms with van der Waals surface area (Å²) in [7, 11) is -3.39. The van der Waals surface area contributed by atoms with E-state index in [9.17, 15) is 18.0 Å². The Kier molecular flexibility index (Phi) is 4.50. The molecule has 2 heterocycles. The maximum atomic E-state index is 12.8. The van der Waals surface area contributed by atoms with Gasteiger partial charge in [0, 0.05) is 13.1 Å². The third-order valence-corrected chi connectivity index (χ3v) is 7.77. The lowest BCUT2D eigenvalue weighted by atomic mass is 9.96. The van der Waals surface area contributed by atoms with Crippen LogP contribution in [0.15, 0.2) is 24.3 Å². The van der Waals surface area contributed by atoms with Crippen LogP contribution in [-0.4, -0.2) is 48.2 Å². The van der Waals surface area contributed by atoms with Crippen LogP contribution < -0.4 is 5.32 Å². The molecule has 2 saturated heterocycles. The molecule has 0 aromatic heterocycles. The van der Waals surface area contributed by atoms with Gasteiger partial charge in [0.05, 0.1) is 12.3 Å². The van der Waals surface area contributed by atoms with Crippen LogP contribution in [0.1, 0.15) is 43.7 Å². The minimum Gasteiger partial charge on any atom is -0.323 e. The van der Waals surface area contributed by atoms with E-state index in [1.54, 1.807) is 31.2 Å². The van der Waals surface area contributed by atoms with Gasteiger partial charge in [-0.15, -0.1) is 0 Å². The summed E-state index contributed by atoms with van der Waals surface area (Å²) in [4.78, 5) is 26.5. The summed E-state index contributed by atoms with van der Waals surface area (Å²) in [6.45, 7) is 3.02. The summed E-state index contributed by atoms with van der Waals surface area (Å²) >= 11 is 0. The molecule has 27 heavy (non-hydrogen) atoms. The maximum absolute atomic E-state index is 12.8. The molecule has 3 fully saturated rings. The van der Waals surface area contributed by atoms with Crippen LogP contribution in [0.4, 0.5) is 4.79 Å². The van der Waals surface area contributed by atoms with Gasteiger partial charge in [-0.25, -0.2) is 17.5 Å². The van der Waals surface area contributed by atoms with Gasteiger partial charge in [0.1, 0.15) is 5.54 Å². The molecule has 3 aliphatic rings. The number of hydrogen-bond donors (Lipinski definition) is 1. The second-order valence-corrected chi connectivity index (χ2v) is 9.90. The Bertz CT molecular complexity index is 875. The number of amides is 3. The van der Waals surface area contributed by atoms with E-state index in [0.29, 0.717) is 24.2 Å². The van der Waals surface area contributed by atoms with Gasteiger partial charge in [0.2, 0.25) is 10.0 Å². The van der Waals surface area contributed by atoms with Gasteiger partial charge in [0.15, 0.2) is 0 Å². The third kappa shape index (κ3) is 3.36. The van der Waals surface area contributed by atoms with Gasteiger partial charge >= 0.3 is 6.03 Å². The molecule has 7 nitrogen and oxygen atoms in total. The van der Waals surface area contributed by atoms with Gasteiger partial charge in [-0.2, -0.15) is 0 Å². The first-order valence-corrected chi connectivity index (χ1v) is 11.1. The van der Waals surface area contributed by atoms with Crippen molar-refractivity contribution in [3.63, 3.8) is 0 Å². The van der Waals surface area contributed by atoms with E-state index in [2.05, 4.69) is 5.32 Å². The molecule has 0 radical (unpaired) electrons. The fourth-order valence-electron chi connectivity index (χ4n) is 4.07. The molecule has 2 aliphatic heterocycles. The Labute approximate surface area is 159 Å². The molecular weight excluding hydrogens is 366 g/mol. The van der Waals surface area contributed by atoms with Crippen molar-refractivity contribution < 1.29 is 18.0 Å². The Morgan fingerprint density at radius 1 is 1.11 bits per heavy atom. The van der Waals surface area contributed by atoms with Crippen molar-refractivity contribution in [1.29, 1.82) is 0 Å². The molecule has 1 N–H and O–H groups in total. The quantitative estimate of drug-likeness (QED) is 0.750. The largest absolute Gasteiger partial charge is 0.325 e. The summed E-state index contributed by atoms with van der Waals surface area (Å²) in [5, 5.41) is 2.84. The molecule has 0 bridgehead atoms. The van der Waals surface area contributed by atoms with E-state index in [-0.39, 0.29) is 24.1 Å². The topological polar surface area (TPSA) is 86.8 Å². The highest BCUT2D eigenvalue weighted by Gasteiger charge is 2.55. The molecule has 1 aromatic carbocycles. The van der Waals surface area contributed by atoms with Crippen LogP contribution >= 0.6 is 0 Å².